The van der Waals surface area contributed by atoms with Crippen LogP contribution in [0.15, 0.2) is 29.6 Å². The Balaban J connectivity index is 1.84. The quantitative estimate of drug-likeness (QED) is 0.340. The van der Waals surface area contributed by atoms with Gasteiger partial charge in [0.2, 0.25) is 0 Å². The van der Waals surface area contributed by atoms with Gasteiger partial charge in [-0.05, 0) is 19.1 Å². The molecule has 0 aliphatic rings. The van der Waals surface area contributed by atoms with Crippen molar-refractivity contribution in [1.29, 1.82) is 0 Å². The molecule has 2 aromatic heterocycles. The van der Waals surface area contributed by atoms with E-state index in [2.05, 4.69) is 36.1 Å². The smallest absolute Gasteiger partial charge is 0.368 e. The monoisotopic (exact) mass is 398 g/mol. The highest BCUT2D eigenvalue weighted by Crippen LogP contribution is 2.33. The maximum atomic E-state index is 13.0. The molecule has 2 aromatic rings. The fourth-order valence-electron chi connectivity index (χ4n) is 2.49. The van der Waals surface area contributed by atoms with Crippen molar-refractivity contribution in [3.05, 3.63) is 36.0 Å². The Morgan fingerprint density at radius 2 is 2.04 bits per heavy atom. The van der Waals surface area contributed by atoms with Gasteiger partial charge in [-0.3, -0.25) is 4.99 Å². The molecule has 0 radical (unpaired) electrons. The van der Waals surface area contributed by atoms with Crippen LogP contribution in [0.3, 0.4) is 0 Å². The van der Waals surface area contributed by atoms with Gasteiger partial charge in [0.25, 0.3) is 0 Å². The minimum atomic E-state index is -4.45. The highest BCUT2D eigenvalue weighted by atomic mass is 19.4. The SMILES string of the molecule is CCNC(=NCCNc1ncccc1C(F)(F)F)NCCn1cnnc1CC. The third-order valence-corrected chi connectivity index (χ3v) is 3.79. The van der Waals surface area contributed by atoms with Gasteiger partial charge >= 0.3 is 6.18 Å². The molecule has 0 saturated carbocycles. The van der Waals surface area contributed by atoms with E-state index in [1.807, 2.05) is 18.4 Å². The normalized spacial score (nSPS) is 12.1. The molecule has 0 saturated heterocycles. The van der Waals surface area contributed by atoms with Crippen LogP contribution in [0.1, 0.15) is 25.2 Å². The molecule has 3 N–H and O–H groups in total. The highest BCUT2D eigenvalue weighted by molar-refractivity contribution is 5.79. The number of aromatic nitrogens is 4. The van der Waals surface area contributed by atoms with E-state index >= 15 is 0 Å². The van der Waals surface area contributed by atoms with Crippen molar-refractivity contribution in [2.75, 3.05) is 31.5 Å². The van der Waals surface area contributed by atoms with E-state index in [1.54, 1.807) is 6.33 Å². The zero-order chi connectivity index (χ0) is 20.4. The van der Waals surface area contributed by atoms with Crippen molar-refractivity contribution in [1.82, 2.24) is 30.4 Å². The van der Waals surface area contributed by atoms with Gasteiger partial charge in [-0.25, -0.2) is 4.98 Å². The average Bonchev–Trinajstić information content (AvgIpc) is 3.12. The minimum Gasteiger partial charge on any atom is -0.368 e. The fraction of sp³-hybridized carbons (Fsp3) is 0.529. The first kappa shape index (κ1) is 21.5. The third kappa shape index (κ3) is 6.39. The first-order valence-corrected chi connectivity index (χ1v) is 9.10. The van der Waals surface area contributed by atoms with E-state index in [0.29, 0.717) is 25.6 Å². The lowest BCUT2D eigenvalue weighted by molar-refractivity contribution is -0.137. The predicted octanol–water partition coefficient (Wildman–Crippen LogP) is 1.92. The Hall–Kier alpha value is -2.85. The van der Waals surface area contributed by atoms with E-state index < -0.39 is 11.7 Å². The molecule has 0 bridgehead atoms. The number of hydrogen-bond donors (Lipinski definition) is 3. The summed E-state index contributed by atoms with van der Waals surface area (Å²) < 4.78 is 40.8. The third-order valence-electron chi connectivity index (χ3n) is 3.79. The van der Waals surface area contributed by atoms with E-state index in [9.17, 15) is 13.2 Å². The molecule has 2 heterocycles. The van der Waals surface area contributed by atoms with Crippen LogP contribution >= 0.6 is 0 Å². The van der Waals surface area contributed by atoms with Gasteiger partial charge in [0.15, 0.2) is 5.96 Å². The molecule has 0 atom stereocenters. The fourth-order valence-corrected chi connectivity index (χ4v) is 2.49. The van der Waals surface area contributed by atoms with E-state index in [1.165, 1.54) is 12.3 Å². The zero-order valence-corrected chi connectivity index (χ0v) is 15.9. The number of rotatable bonds is 9. The van der Waals surface area contributed by atoms with Crippen molar-refractivity contribution >= 4 is 11.8 Å². The summed E-state index contributed by atoms with van der Waals surface area (Å²) in [5, 5.41) is 16.9. The minimum absolute atomic E-state index is 0.192. The molecule has 0 aliphatic carbocycles. The Bertz CT molecular complexity index is 757. The number of guanidine groups is 1. The number of aliphatic imine (C=N–C) groups is 1. The first-order valence-electron chi connectivity index (χ1n) is 9.10. The van der Waals surface area contributed by atoms with Gasteiger partial charge in [0, 0.05) is 38.8 Å². The molecular weight excluding hydrogens is 373 g/mol. The number of pyridine rings is 1. The van der Waals surface area contributed by atoms with E-state index in [4.69, 9.17) is 0 Å². The first-order chi connectivity index (χ1) is 13.5. The summed E-state index contributed by atoms with van der Waals surface area (Å²) in [7, 11) is 0. The Morgan fingerprint density at radius 3 is 2.75 bits per heavy atom. The summed E-state index contributed by atoms with van der Waals surface area (Å²) in [6.07, 6.45) is -0.648. The van der Waals surface area contributed by atoms with Crippen LogP contribution in [-0.4, -0.2) is 51.9 Å². The zero-order valence-electron chi connectivity index (χ0n) is 15.9. The van der Waals surface area contributed by atoms with Gasteiger partial charge in [-0.15, -0.1) is 10.2 Å². The summed E-state index contributed by atoms with van der Waals surface area (Å²) in [6.45, 7) is 6.43. The Morgan fingerprint density at radius 1 is 1.21 bits per heavy atom. The van der Waals surface area contributed by atoms with Crippen LogP contribution in [0.2, 0.25) is 0 Å². The van der Waals surface area contributed by atoms with Crippen LogP contribution < -0.4 is 16.0 Å². The molecule has 0 aliphatic heterocycles. The van der Waals surface area contributed by atoms with Crippen LogP contribution in [0.5, 0.6) is 0 Å². The summed E-state index contributed by atoms with van der Waals surface area (Å²) in [5.41, 5.74) is -0.787. The number of hydrogen-bond acceptors (Lipinski definition) is 5. The van der Waals surface area contributed by atoms with Crippen molar-refractivity contribution < 1.29 is 13.2 Å². The molecule has 11 heteroatoms. The van der Waals surface area contributed by atoms with Gasteiger partial charge in [-0.2, -0.15) is 13.2 Å². The number of nitrogens with zero attached hydrogens (tertiary/aromatic N) is 5. The van der Waals surface area contributed by atoms with Gasteiger partial charge in [0.05, 0.1) is 12.1 Å². The largest absolute Gasteiger partial charge is 0.419 e. The van der Waals surface area contributed by atoms with Gasteiger partial charge < -0.3 is 20.5 Å². The van der Waals surface area contributed by atoms with Crippen molar-refractivity contribution in [2.45, 2.75) is 33.0 Å². The summed E-state index contributed by atoms with van der Waals surface area (Å²) >= 11 is 0. The van der Waals surface area contributed by atoms with Crippen LogP contribution in [0, 0.1) is 0 Å². The maximum absolute atomic E-state index is 13.0. The maximum Gasteiger partial charge on any atom is 0.419 e. The van der Waals surface area contributed by atoms with Crippen LogP contribution in [-0.2, 0) is 19.1 Å². The molecule has 0 amide bonds. The van der Waals surface area contributed by atoms with E-state index in [0.717, 1.165) is 18.3 Å². The molecule has 154 valence electrons. The second-order valence-electron chi connectivity index (χ2n) is 5.81. The second-order valence-corrected chi connectivity index (χ2v) is 5.81. The summed E-state index contributed by atoms with van der Waals surface area (Å²) in [4.78, 5) is 8.13. The van der Waals surface area contributed by atoms with Gasteiger partial charge in [0.1, 0.15) is 18.0 Å². The molecule has 0 fully saturated rings. The number of nitrogens with one attached hydrogen (secondary N) is 3. The lowest BCUT2D eigenvalue weighted by Gasteiger charge is -2.14. The van der Waals surface area contributed by atoms with E-state index in [-0.39, 0.29) is 18.9 Å². The van der Waals surface area contributed by atoms with Crippen molar-refractivity contribution in [3.63, 3.8) is 0 Å². The molecule has 0 spiro atoms. The lowest BCUT2D eigenvalue weighted by atomic mass is 10.2. The molecule has 0 unspecified atom stereocenters. The predicted molar refractivity (Wildman–Crippen MR) is 101 cm³/mol. The molecular formula is C17H25F3N8. The number of anilines is 1. The number of alkyl halides is 3. The average molecular weight is 398 g/mol. The Labute approximate surface area is 161 Å². The molecule has 0 aromatic carbocycles. The topological polar surface area (TPSA) is 92.1 Å². The molecule has 8 nitrogen and oxygen atoms in total. The summed E-state index contributed by atoms with van der Waals surface area (Å²) in [5.74, 6) is 1.30. The second kappa shape index (κ2) is 10.5. The molecule has 28 heavy (non-hydrogen) atoms. The Kier molecular flexibility index (Phi) is 8.02. The van der Waals surface area contributed by atoms with Crippen LogP contribution in [0.25, 0.3) is 0 Å². The number of halogens is 3. The van der Waals surface area contributed by atoms with Crippen molar-refractivity contribution in [3.8, 4) is 0 Å². The van der Waals surface area contributed by atoms with Crippen molar-refractivity contribution in [2.24, 2.45) is 4.99 Å². The summed E-state index contributed by atoms with van der Waals surface area (Å²) in [6, 6.07) is 2.26. The highest BCUT2D eigenvalue weighted by Gasteiger charge is 2.33. The number of aryl methyl sites for hydroxylation is 1. The standard InChI is InChI=1S/C17H25F3N8/c1-3-14-27-26-12-28(14)11-10-25-16(21-4-2)24-9-8-23-15-13(17(18,19)20)6-5-7-22-15/h5-7,12H,3-4,8-11H2,1-2H3,(H,22,23)(H2,21,24,25). The van der Waals surface area contributed by atoms with Gasteiger partial charge in [-0.1, -0.05) is 6.92 Å². The van der Waals surface area contributed by atoms with Crippen LogP contribution in [0.4, 0.5) is 19.0 Å². The lowest BCUT2D eigenvalue weighted by Crippen LogP contribution is -2.39. The molecule has 2 rings (SSSR count).